The molecule has 2 heteroatoms. The van der Waals surface area contributed by atoms with Gasteiger partial charge in [0.15, 0.2) is 0 Å². The zero-order valence-corrected chi connectivity index (χ0v) is 9.34. The van der Waals surface area contributed by atoms with Crippen molar-refractivity contribution in [3.63, 3.8) is 0 Å². The van der Waals surface area contributed by atoms with Crippen LogP contribution in [0.2, 0.25) is 0 Å². The molecular weight excluding hydrogens is 176 g/mol. The van der Waals surface area contributed by atoms with Crippen molar-refractivity contribution in [2.45, 2.75) is 46.5 Å². The van der Waals surface area contributed by atoms with Crippen LogP contribution >= 0.6 is 0 Å². The fraction of sp³-hybridized carbons (Fsp3) is 0.750. The summed E-state index contributed by atoms with van der Waals surface area (Å²) in [5.41, 5.74) is -0.796. The number of rotatable bonds is 3. The molecule has 1 aliphatic carbocycles. The van der Waals surface area contributed by atoms with Crippen molar-refractivity contribution in [3.8, 4) is 0 Å². The Morgan fingerprint density at radius 2 is 2.29 bits per heavy atom. The summed E-state index contributed by atoms with van der Waals surface area (Å²) < 4.78 is 0. The summed E-state index contributed by atoms with van der Waals surface area (Å²) in [7, 11) is 0. The lowest BCUT2D eigenvalue weighted by molar-refractivity contribution is -0.154. The quantitative estimate of drug-likeness (QED) is 0.703. The third kappa shape index (κ3) is 1.58. The smallest absolute Gasteiger partial charge is 0.310 e. The van der Waals surface area contributed by atoms with E-state index in [1.807, 2.05) is 13.8 Å². The standard InChI is InChI=1S/C12H20O2/c1-4-12(3,10(13)14)11(2)8-6-5-7-9-11/h6,8H,4-5,7,9H2,1-3H3,(H,13,14)/t11-,12-/m0/s1. The Morgan fingerprint density at radius 3 is 2.64 bits per heavy atom. The molecule has 80 valence electrons. The molecule has 0 aromatic heterocycles. The van der Waals surface area contributed by atoms with Crippen molar-refractivity contribution >= 4 is 5.97 Å². The second-order valence-electron chi connectivity index (χ2n) is 4.70. The van der Waals surface area contributed by atoms with Gasteiger partial charge in [0.05, 0.1) is 5.41 Å². The van der Waals surface area contributed by atoms with Crippen LogP contribution in [-0.2, 0) is 4.79 Å². The summed E-state index contributed by atoms with van der Waals surface area (Å²) in [5.74, 6) is -0.672. The minimum absolute atomic E-state index is 0.175. The van der Waals surface area contributed by atoms with Crippen molar-refractivity contribution in [3.05, 3.63) is 12.2 Å². The van der Waals surface area contributed by atoms with E-state index in [-0.39, 0.29) is 5.41 Å². The van der Waals surface area contributed by atoms with Crippen LogP contribution in [0.4, 0.5) is 0 Å². The molecular formula is C12H20O2. The van der Waals surface area contributed by atoms with Crippen LogP contribution in [0, 0.1) is 10.8 Å². The van der Waals surface area contributed by atoms with Crippen molar-refractivity contribution < 1.29 is 9.90 Å². The van der Waals surface area contributed by atoms with E-state index in [2.05, 4.69) is 19.1 Å². The predicted molar refractivity (Wildman–Crippen MR) is 57.1 cm³/mol. The van der Waals surface area contributed by atoms with Gasteiger partial charge in [-0.25, -0.2) is 0 Å². The lowest BCUT2D eigenvalue weighted by atomic mass is 9.60. The van der Waals surface area contributed by atoms with Gasteiger partial charge in [0.1, 0.15) is 0 Å². The van der Waals surface area contributed by atoms with Crippen molar-refractivity contribution in [1.29, 1.82) is 0 Å². The molecule has 2 atom stereocenters. The summed E-state index contributed by atoms with van der Waals surface area (Å²) in [4.78, 5) is 11.3. The summed E-state index contributed by atoms with van der Waals surface area (Å²) in [6.45, 7) is 5.90. The molecule has 0 bridgehead atoms. The Balaban J connectivity index is 3.03. The van der Waals surface area contributed by atoms with Gasteiger partial charge in [0.25, 0.3) is 0 Å². The Kier molecular flexibility index (Phi) is 3.03. The normalized spacial score (nSPS) is 31.1. The van der Waals surface area contributed by atoms with Gasteiger partial charge in [-0.2, -0.15) is 0 Å². The molecule has 14 heavy (non-hydrogen) atoms. The summed E-state index contributed by atoms with van der Waals surface area (Å²) in [6, 6.07) is 0. The topological polar surface area (TPSA) is 37.3 Å². The predicted octanol–water partition coefficient (Wildman–Crippen LogP) is 3.23. The third-order valence-electron chi connectivity index (χ3n) is 3.99. The third-order valence-corrected chi connectivity index (χ3v) is 3.99. The minimum atomic E-state index is -0.672. The highest BCUT2D eigenvalue weighted by Crippen LogP contribution is 2.48. The molecule has 0 aliphatic heterocycles. The van der Waals surface area contributed by atoms with Gasteiger partial charge in [-0.05, 0) is 32.6 Å². The molecule has 0 aromatic carbocycles. The average Bonchev–Trinajstić information content (AvgIpc) is 2.17. The summed E-state index contributed by atoms with van der Waals surface area (Å²) in [6.07, 6.45) is 8.10. The second-order valence-corrected chi connectivity index (χ2v) is 4.70. The molecule has 0 radical (unpaired) electrons. The van der Waals surface area contributed by atoms with E-state index in [0.29, 0.717) is 6.42 Å². The number of hydrogen-bond acceptors (Lipinski definition) is 1. The fourth-order valence-electron chi connectivity index (χ4n) is 2.27. The molecule has 0 aromatic rings. The Morgan fingerprint density at radius 1 is 1.64 bits per heavy atom. The number of allylic oxidation sites excluding steroid dienone is 2. The van der Waals surface area contributed by atoms with E-state index in [0.717, 1.165) is 19.3 Å². The second kappa shape index (κ2) is 3.76. The Bertz CT molecular complexity index is 257. The number of carboxylic acid groups (broad SMARTS) is 1. The minimum Gasteiger partial charge on any atom is -0.481 e. The van der Waals surface area contributed by atoms with E-state index in [1.54, 1.807) is 0 Å². The molecule has 0 heterocycles. The lowest BCUT2D eigenvalue weighted by Gasteiger charge is -2.42. The van der Waals surface area contributed by atoms with Gasteiger partial charge in [-0.3, -0.25) is 4.79 Å². The van der Waals surface area contributed by atoms with Crippen LogP contribution in [0.1, 0.15) is 46.5 Å². The molecule has 1 N–H and O–H groups in total. The van der Waals surface area contributed by atoms with Gasteiger partial charge in [0.2, 0.25) is 0 Å². The molecule has 0 saturated heterocycles. The first-order valence-corrected chi connectivity index (χ1v) is 5.37. The van der Waals surface area contributed by atoms with Crippen LogP contribution < -0.4 is 0 Å². The van der Waals surface area contributed by atoms with E-state index in [1.165, 1.54) is 0 Å². The first kappa shape index (κ1) is 11.3. The fourth-order valence-corrected chi connectivity index (χ4v) is 2.27. The van der Waals surface area contributed by atoms with Crippen LogP contribution in [0.15, 0.2) is 12.2 Å². The number of aliphatic carboxylic acids is 1. The number of carboxylic acids is 1. The molecule has 0 amide bonds. The number of carbonyl (C=O) groups is 1. The molecule has 1 rings (SSSR count). The van der Waals surface area contributed by atoms with E-state index in [9.17, 15) is 9.90 Å². The summed E-state index contributed by atoms with van der Waals surface area (Å²) in [5, 5.41) is 9.32. The molecule has 0 spiro atoms. The van der Waals surface area contributed by atoms with E-state index >= 15 is 0 Å². The maximum atomic E-state index is 11.3. The van der Waals surface area contributed by atoms with Gasteiger partial charge >= 0.3 is 5.97 Å². The molecule has 2 nitrogen and oxygen atoms in total. The van der Waals surface area contributed by atoms with Crippen LogP contribution in [0.25, 0.3) is 0 Å². The molecule has 0 unspecified atom stereocenters. The first-order valence-electron chi connectivity index (χ1n) is 5.37. The SMILES string of the molecule is CC[C@@](C)(C(=O)O)[C@@]1(C)C=CCCC1. The van der Waals surface area contributed by atoms with Gasteiger partial charge in [-0.1, -0.05) is 26.0 Å². The molecule has 0 saturated carbocycles. The van der Waals surface area contributed by atoms with E-state index in [4.69, 9.17) is 0 Å². The molecule has 1 aliphatic rings. The van der Waals surface area contributed by atoms with Gasteiger partial charge in [0, 0.05) is 5.41 Å². The number of hydrogen-bond donors (Lipinski definition) is 1. The van der Waals surface area contributed by atoms with Crippen molar-refractivity contribution in [2.75, 3.05) is 0 Å². The highest BCUT2D eigenvalue weighted by atomic mass is 16.4. The maximum Gasteiger partial charge on any atom is 0.310 e. The van der Waals surface area contributed by atoms with Crippen LogP contribution in [0.3, 0.4) is 0 Å². The molecule has 0 fully saturated rings. The largest absolute Gasteiger partial charge is 0.481 e. The van der Waals surface area contributed by atoms with E-state index < -0.39 is 11.4 Å². The first-order chi connectivity index (χ1) is 6.46. The lowest BCUT2D eigenvalue weighted by Crippen LogP contribution is -2.43. The average molecular weight is 196 g/mol. The monoisotopic (exact) mass is 196 g/mol. The van der Waals surface area contributed by atoms with Crippen LogP contribution in [0.5, 0.6) is 0 Å². The Hall–Kier alpha value is -0.790. The van der Waals surface area contributed by atoms with Gasteiger partial charge in [-0.15, -0.1) is 0 Å². The van der Waals surface area contributed by atoms with Crippen LogP contribution in [-0.4, -0.2) is 11.1 Å². The zero-order chi connectivity index (χ0) is 10.8. The summed E-state index contributed by atoms with van der Waals surface area (Å²) >= 11 is 0. The highest BCUT2D eigenvalue weighted by molar-refractivity contribution is 5.75. The maximum absolute atomic E-state index is 11.3. The van der Waals surface area contributed by atoms with Crippen molar-refractivity contribution in [2.24, 2.45) is 10.8 Å². The van der Waals surface area contributed by atoms with Gasteiger partial charge < -0.3 is 5.11 Å². The Labute approximate surface area is 86.0 Å². The van der Waals surface area contributed by atoms with Crippen molar-refractivity contribution in [1.82, 2.24) is 0 Å². The zero-order valence-electron chi connectivity index (χ0n) is 9.34. The highest BCUT2D eigenvalue weighted by Gasteiger charge is 2.47.